The third-order valence-corrected chi connectivity index (χ3v) is 14.4. The molecule has 1 amide bonds. The number of nitrogens with one attached hydrogen (secondary N) is 1. The zero-order valence-electron chi connectivity index (χ0n) is 50.0. The Morgan fingerprint density at radius 3 is 1.21 bits per heavy atom. The summed E-state index contributed by atoms with van der Waals surface area (Å²) >= 11 is 0. The van der Waals surface area contributed by atoms with Gasteiger partial charge in [-0.3, -0.25) is 13.8 Å². The van der Waals surface area contributed by atoms with Gasteiger partial charge in [0, 0.05) is 6.42 Å². The minimum Gasteiger partial charge on any atom is -0.387 e. The lowest BCUT2D eigenvalue weighted by molar-refractivity contribution is -0.870. The second kappa shape index (κ2) is 56.9. The van der Waals surface area contributed by atoms with Gasteiger partial charge in [-0.2, -0.15) is 0 Å². The van der Waals surface area contributed by atoms with Crippen LogP contribution in [0, 0.1) is 0 Å². The number of aliphatic hydroxyl groups is 1. The summed E-state index contributed by atoms with van der Waals surface area (Å²) in [7, 11) is 1.51. The van der Waals surface area contributed by atoms with Crippen LogP contribution in [0.15, 0.2) is 109 Å². The average Bonchev–Trinajstić information content (AvgIpc) is 3.38. The maximum absolute atomic E-state index is 13.0. The molecule has 0 radical (unpaired) electrons. The molecule has 0 fully saturated rings. The third kappa shape index (κ3) is 58.8. The number of nitrogens with zero attached hydrogens (tertiary/aromatic N) is 1. The van der Waals surface area contributed by atoms with E-state index in [4.69, 9.17) is 9.05 Å². The fraction of sp³-hybridized carbons (Fsp3) is 0.716. The number of quaternary nitrogens is 1. The number of hydrogen-bond acceptors (Lipinski definition) is 5. The van der Waals surface area contributed by atoms with Gasteiger partial charge in [0.05, 0.1) is 39.9 Å². The van der Waals surface area contributed by atoms with Gasteiger partial charge in [-0.05, 0) is 96.3 Å². The van der Waals surface area contributed by atoms with Crippen molar-refractivity contribution in [2.24, 2.45) is 0 Å². The number of hydrogen-bond donors (Lipinski definition) is 3. The largest absolute Gasteiger partial charge is 0.472 e. The van der Waals surface area contributed by atoms with Gasteiger partial charge in [-0.15, -0.1) is 0 Å². The Morgan fingerprint density at radius 2 is 0.803 bits per heavy atom. The van der Waals surface area contributed by atoms with E-state index in [-0.39, 0.29) is 19.1 Å². The predicted octanol–water partition coefficient (Wildman–Crippen LogP) is 19.5. The lowest BCUT2D eigenvalue weighted by atomic mass is 10.0. The number of likely N-dealkylation sites (N-methyl/N-ethyl adjacent to an activating group) is 1. The standard InChI is InChI=1S/C67H119N2O6P/c1-6-8-10-12-14-16-18-20-22-24-26-28-30-31-32-33-34-35-36-37-39-40-42-44-46-48-50-52-54-56-58-60-66(70)65(64-75-76(72,73)74-63-62-69(3,4)5)68-67(71)61-59-57-55-53-51-49-47-45-43-41-38-29-27-25-23-21-19-17-15-13-11-9-7-2/h9,11,15,17,21,23,27,29,41-44,47,49-50,52,58,60,65-66,70H,6-8,10,12-14,16,18-20,22,24-26,28,30-40,45-46,48,51,53-57,59,61-64H2,1-5H3,(H-,68,71,72,73)/p+1/b11-9-,17-15-,23-21-,29-27-,43-41-,44-42+,49-47-,52-50+,60-58+. The molecule has 3 N–H and O–H groups in total. The minimum absolute atomic E-state index is 0.0420. The van der Waals surface area contributed by atoms with Crippen LogP contribution in [-0.4, -0.2) is 73.4 Å². The van der Waals surface area contributed by atoms with Crippen molar-refractivity contribution < 1.29 is 32.9 Å². The van der Waals surface area contributed by atoms with E-state index in [1.165, 1.54) is 141 Å². The fourth-order valence-corrected chi connectivity index (χ4v) is 9.34. The monoisotopic (exact) mass is 1080 g/mol. The van der Waals surface area contributed by atoms with Crippen LogP contribution >= 0.6 is 7.82 Å². The van der Waals surface area contributed by atoms with Gasteiger partial charge in [0.15, 0.2) is 0 Å². The Bertz CT molecular complexity index is 1600. The lowest BCUT2D eigenvalue weighted by Gasteiger charge is -2.25. The Hall–Kier alpha value is -2.84. The molecule has 3 atom stereocenters. The summed E-state index contributed by atoms with van der Waals surface area (Å²) < 4.78 is 23.7. The van der Waals surface area contributed by atoms with E-state index in [9.17, 15) is 19.4 Å². The van der Waals surface area contributed by atoms with Crippen molar-refractivity contribution >= 4 is 13.7 Å². The van der Waals surface area contributed by atoms with Crippen molar-refractivity contribution in [2.75, 3.05) is 40.9 Å². The summed E-state index contributed by atoms with van der Waals surface area (Å²) in [5.74, 6) is -0.218. The second-order valence-electron chi connectivity index (χ2n) is 22.0. The molecule has 0 aliphatic carbocycles. The van der Waals surface area contributed by atoms with Gasteiger partial charge in [0.2, 0.25) is 5.91 Å². The average molecular weight is 1080 g/mol. The SMILES string of the molecule is CC/C=C\C/C=C\C/C=C\C/C=C\C/C=C\C/C=C\CCCCCCC(=O)NC(COP(=O)(O)OCC[N+](C)(C)C)C(O)/C=C/CC/C=C/CC/C=C/CCCCCCCCCCCCCCCCCCCCCCC. The van der Waals surface area contributed by atoms with Gasteiger partial charge >= 0.3 is 7.82 Å². The molecule has 0 rings (SSSR count). The highest BCUT2D eigenvalue weighted by atomic mass is 31.2. The van der Waals surface area contributed by atoms with E-state index in [2.05, 4.69) is 116 Å². The van der Waals surface area contributed by atoms with Crippen molar-refractivity contribution in [3.8, 4) is 0 Å². The minimum atomic E-state index is -4.38. The number of amides is 1. The first-order valence-corrected chi connectivity index (χ1v) is 32.8. The van der Waals surface area contributed by atoms with Crippen molar-refractivity contribution in [1.29, 1.82) is 0 Å². The first-order chi connectivity index (χ1) is 37.0. The van der Waals surface area contributed by atoms with Gasteiger partial charge < -0.3 is 19.8 Å². The van der Waals surface area contributed by atoms with Crippen molar-refractivity contribution in [2.45, 2.75) is 270 Å². The molecule has 0 aliphatic heterocycles. The molecule has 0 aliphatic rings. The van der Waals surface area contributed by atoms with E-state index >= 15 is 0 Å². The van der Waals surface area contributed by atoms with Crippen LogP contribution in [0.3, 0.4) is 0 Å². The lowest BCUT2D eigenvalue weighted by Crippen LogP contribution is -2.45. The van der Waals surface area contributed by atoms with Gasteiger partial charge in [-0.1, -0.05) is 264 Å². The summed E-state index contributed by atoms with van der Waals surface area (Å²) in [6.07, 6.45) is 83.6. The molecule has 9 heteroatoms. The Labute approximate surface area is 470 Å². The molecule has 0 heterocycles. The molecule has 438 valence electrons. The third-order valence-electron chi connectivity index (χ3n) is 13.5. The molecule has 0 aromatic carbocycles. The molecule has 8 nitrogen and oxygen atoms in total. The van der Waals surface area contributed by atoms with Crippen LogP contribution in [0.2, 0.25) is 0 Å². The second-order valence-corrected chi connectivity index (χ2v) is 23.5. The van der Waals surface area contributed by atoms with Crippen LogP contribution in [0.1, 0.15) is 258 Å². The highest BCUT2D eigenvalue weighted by Gasteiger charge is 2.27. The quantitative estimate of drug-likeness (QED) is 0.0243. The number of allylic oxidation sites excluding steroid dienone is 17. The molecule has 0 spiro atoms. The number of phosphoric ester groups is 1. The molecular formula is C67H120N2O6P+. The Kier molecular flexibility index (Phi) is 54.7. The van der Waals surface area contributed by atoms with Crippen molar-refractivity contribution in [3.63, 3.8) is 0 Å². The topological polar surface area (TPSA) is 105 Å². The summed E-state index contributed by atoms with van der Waals surface area (Å²) in [6.45, 7) is 4.66. The summed E-state index contributed by atoms with van der Waals surface area (Å²) in [4.78, 5) is 23.3. The van der Waals surface area contributed by atoms with E-state index < -0.39 is 20.0 Å². The summed E-state index contributed by atoms with van der Waals surface area (Å²) in [6, 6.07) is -0.893. The maximum atomic E-state index is 13.0. The number of unbranched alkanes of at least 4 members (excludes halogenated alkanes) is 27. The first-order valence-electron chi connectivity index (χ1n) is 31.3. The van der Waals surface area contributed by atoms with Crippen LogP contribution in [0.25, 0.3) is 0 Å². The predicted molar refractivity (Wildman–Crippen MR) is 332 cm³/mol. The Balaban J connectivity index is 4.28. The summed E-state index contributed by atoms with van der Waals surface area (Å²) in [5, 5.41) is 13.9. The smallest absolute Gasteiger partial charge is 0.387 e. The van der Waals surface area contributed by atoms with Crippen LogP contribution in [0.5, 0.6) is 0 Å². The molecular weight excluding hydrogens is 960 g/mol. The summed E-state index contributed by atoms with van der Waals surface area (Å²) in [5.41, 5.74) is 0. The van der Waals surface area contributed by atoms with E-state index in [1.54, 1.807) is 6.08 Å². The number of carbonyl (C=O) groups is 1. The van der Waals surface area contributed by atoms with E-state index in [0.29, 0.717) is 17.4 Å². The number of phosphoric acid groups is 1. The van der Waals surface area contributed by atoms with Gasteiger partial charge in [0.25, 0.3) is 0 Å². The molecule has 0 aromatic heterocycles. The number of carbonyl (C=O) groups excluding carboxylic acids is 1. The normalized spacial score (nSPS) is 14.6. The zero-order valence-corrected chi connectivity index (χ0v) is 50.9. The number of aliphatic hydroxyl groups excluding tert-OH is 1. The van der Waals surface area contributed by atoms with Gasteiger partial charge in [0.1, 0.15) is 13.2 Å². The van der Waals surface area contributed by atoms with Gasteiger partial charge in [-0.25, -0.2) is 4.57 Å². The molecule has 76 heavy (non-hydrogen) atoms. The first kappa shape index (κ1) is 73.2. The van der Waals surface area contributed by atoms with Crippen molar-refractivity contribution in [1.82, 2.24) is 5.32 Å². The van der Waals surface area contributed by atoms with E-state index in [1.807, 2.05) is 27.2 Å². The van der Waals surface area contributed by atoms with E-state index in [0.717, 1.165) is 96.3 Å². The number of rotatable bonds is 56. The molecule has 0 saturated heterocycles. The Morgan fingerprint density at radius 1 is 0.461 bits per heavy atom. The van der Waals surface area contributed by atoms with Crippen LogP contribution in [0.4, 0.5) is 0 Å². The molecule has 0 aromatic rings. The fourth-order valence-electron chi connectivity index (χ4n) is 8.61. The van der Waals surface area contributed by atoms with Crippen LogP contribution in [-0.2, 0) is 18.4 Å². The maximum Gasteiger partial charge on any atom is 0.472 e. The molecule has 3 unspecified atom stereocenters. The molecule has 0 saturated carbocycles. The highest BCUT2D eigenvalue weighted by Crippen LogP contribution is 2.43. The highest BCUT2D eigenvalue weighted by molar-refractivity contribution is 7.47. The molecule has 0 bridgehead atoms. The zero-order chi connectivity index (χ0) is 55.6. The van der Waals surface area contributed by atoms with Crippen molar-refractivity contribution in [3.05, 3.63) is 109 Å². The van der Waals surface area contributed by atoms with Crippen LogP contribution < -0.4 is 5.32 Å².